The SMILES string of the molecule is CCc1c(/C=C(\C)C2(C)C=Cc3sc4ccccc4c3C2C)c(-c2ccccc2)c(-c2ccccc2)c2cc(-c3cc4ccccc4cc3C3=CC=CCC3)ccc12. The molecule has 282 valence electrons. The van der Waals surface area contributed by atoms with Crippen molar-refractivity contribution in [3.05, 3.63) is 197 Å². The molecule has 0 saturated carbocycles. The number of thiophene rings is 1. The second kappa shape index (κ2) is 14.7. The standard InChI is InChI=1S/C57H48S/c1-5-45-46-30-29-44(49-35-43-26-16-15-25-42(43)34-48(49)39-19-9-6-10-20-39)36-51(46)56(41-23-13-8-14-24-41)55(40-21-11-7-12-22-40)50(45)33-37(2)57(4)32-31-53-54(38(57)3)47-27-17-18-28-52(47)58-53/h6-9,11-19,21-36,38H,5,10,20H2,1-4H3/b37-33+. The van der Waals surface area contributed by atoms with E-state index < -0.39 is 0 Å². The highest BCUT2D eigenvalue weighted by Crippen LogP contribution is 2.54. The lowest BCUT2D eigenvalue weighted by Gasteiger charge is -2.38. The monoisotopic (exact) mass is 764 g/mol. The first-order chi connectivity index (χ1) is 28.4. The molecule has 58 heavy (non-hydrogen) atoms. The fraction of sp³-hybridized carbons (Fsp3) is 0.158. The van der Waals surface area contributed by atoms with Crippen molar-refractivity contribution in [3.8, 4) is 33.4 Å². The summed E-state index contributed by atoms with van der Waals surface area (Å²) >= 11 is 1.92. The van der Waals surface area contributed by atoms with Crippen molar-refractivity contribution < 1.29 is 0 Å². The predicted molar refractivity (Wildman–Crippen MR) is 255 cm³/mol. The average molecular weight is 765 g/mol. The molecule has 0 spiro atoms. The van der Waals surface area contributed by atoms with Crippen LogP contribution in [0.3, 0.4) is 0 Å². The summed E-state index contributed by atoms with van der Waals surface area (Å²) in [5.74, 6) is 0.327. The molecule has 2 atom stereocenters. The van der Waals surface area contributed by atoms with Crippen molar-refractivity contribution in [1.82, 2.24) is 0 Å². The molecule has 0 bridgehead atoms. The minimum Gasteiger partial charge on any atom is -0.136 e. The molecule has 0 nitrogen and oxygen atoms in total. The maximum atomic E-state index is 2.56. The van der Waals surface area contributed by atoms with E-state index >= 15 is 0 Å². The van der Waals surface area contributed by atoms with Crippen molar-refractivity contribution in [1.29, 1.82) is 0 Å². The van der Waals surface area contributed by atoms with Crippen LogP contribution in [-0.4, -0.2) is 0 Å². The van der Waals surface area contributed by atoms with E-state index in [1.165, 1.54) is 103 Å². The van der Waals surface area contributed by atoms with E-state index in [9.17, 15) is 0 Å². The van der Waals surface area contributed by atoms with Crippen LogP contribution in [0.2, 0.25) is 0 Å². The summed E-state index contributed by atoms with van der Waals surface area (Å²) in [4.78, 5) is 1.40. The van der Waals surface area contributed by atoms with Gasteiger partial charge in [-0.15, -0.1) is 11.3 Å². The summed E-state index contributed by atoms with van der Waals surface area (Å²) in [6, 6.07) is 52.2. The lowest BCUT2D eigenvalue weighted by molar-refractivity contribution is 0.426. The zero-order valence-corrected chi connectivity index (χ0v) is 34.7. The molecule has 7 aromatic carbocycles. The number of aryl methyl sites for hydroxylation is 1. The van der Waals surface area contributed by atoms with Crippen LogP contribution in [0.25, 0.3) is 82.7 Å². The molecule has 0 saturated heterocycles. The third kappa shape index (κ3) is 6.03. The highest BCUT2D eigenvalue weighted by molar-refractivity contribution is 7.20. The summed E-state index contributed by atoms with van der Waals surface area (Å²) in [6.45, 7) is 9.61. The Balaban J connectivity index is 1.25. The molecule has 0 N–H and O–H groups in total. The maximum Gasteiger partial charge on any atom is 0.0352 e. The van der Waals surface area contributed by atoms with Gasteiger partial charge in [-0.05, 0) is 151 Å². The molecule has 10 rings (SSSR count). The predicted octanol–water partition coefficient (Wildman–Crippen LogP) is 16.7. The van der Waals surface area contributed by atoms with Crippen LogP contribution in [0.15, 0.2) is 169 Å². The number of hydrogen-bond donors (Lipinski definition) is 0. The van der Waals surface area contributed by atoms with E-state index in [0.29, 0.717) is 5.92 Å². The molecule has 0 radical (unpaired) electrons. The molecule has 0 aliphatic heterocycles. The normalized spacial score (nSPS) is 17.9. The van der Waals surface area contributed by atoms with Crippen LogP contribution in [0.1, 0.15) is 73.6 Å². The third-order valence-electron chi connectivity index (χ3n) is 13.3. The van der Waals surface area contributed by atoms with Gasteiger partial charge in [0, 0.05) is 15.0 Å². The van der Waals surface area contributed by atoms with E-state index in [0.717, 1.165) is 19.3 Å². The van der Waals surface area contributed by atoms with Gasteiger partial charge in [0.1, 0.15) is 0 Å². The highest BCUT2D eigenvalue weighted by atomic mass is 32.1. The third-order valence-corrected chi connectivity index (χ3v) is 14.4. The van der Waals surface area contributed by atoms with Gasteiger partial charge in [-0.1, -0.05) is 172 Å². The summed E-state index contributed by atoms with van der Waals surface area (Å²) in [5.41, 5.74) is 15.8. The van der Waals surface area contributed by atoms with Gasteiger partial charge >= 0.3 is 0 Å². The van der Waals surface area contributed by atoms with Gasteiger partial charge < -0.3 is 0 Å². The summed E-state index contributed by atoms with van der Waals surface area (Å²) in [7, 11) is 0. The number of benzene rings is 7. The zero-order chi connectivity index (χ0) is 39.4. The lowest BCUT2D eigenvalue weighted by atomic mass is 9.66. The first-order valence-electron chi connectivity index (χ1n) is 20.9. The van der Waals surface area contributed by atoms with Crippen molar-refractivity contribution in [3.63, 3.8) is 0 Å². The number of rotatable bonds is 7. The van der Waals surface area contributed by atoms with Gasteiger partial charge in [0.2, 0.25) is 0 Å². The molecule has 1 heterocycles. The van der Waals surface area contributed by atoms with Crippen LogP contribution in [0.4, 0.5) is 0 Å². The summed E-state index contributed by atoms with van der Waals surface area (Å²) < 4.78 is 1.37. The molecule has 2 aliphatic rings. The van der Waals surface area contributed by atoms with Gasteiger partial charge in [0.05, 0.1) is 0 Å². The fourth-order valence-corrected chi connectivity index (χ4v) is 11.1. The Hall–Kier alpha value is -6.02. The minimum absolute atomic E-state index is 0.156. The van der Waals surface area contributed by atoms with E-state index in [1.54, 1.807) is 0 Å². The van der Waals surface area contributed by atoms with E-state index in [1.807, 2.05) is 11.3 Å². The Kier molecular flexibility index (Phi) is 9.23. The largest absolute Gasteiger partial charge is 0.136 e. The molecule has 1 aromatic heterocycles. The molecule has 2 aliphatic carbocycles. The maximum absolute atomic E-state index is 2.56. The highest BCUT2D eigenvalue weighted by Gasteiger charge is 2.37. The first-order valence-corrected chi connectivity index (χ1v) is 21.8. The molecule has 0 fully saturated rings. The van der Waals surface area contributed by atoms with Gasteiger partial charge in [-0.25, -0.2) is 0 Å². The van der Waals surface area contributed by atoms with Gasteiger partial charge in [0.25, 0.3) is 0 Å². The van der Waals surface area contributed by atoms with Crippen molar-refractivity contribution in [2.24, 2.45) is 5.41 Å². The quantitative estimate of drug-likeness (QED) is 0.152. The average Bonchev–Trinajstić information content (AvgIpc) is 3.66. The van der Waals surface area contributed by atoms with Crippen molar-refractivity contribution in [2.75, 3.05) is 0 Å². The van der Waals surface area contributed by atoms with Crippen LogP contribution >= 0.6 is 11.3 Å². The first kappa shape index (κ1) is 36.3. The molecule has 1 heteroatoms. The number of fused-ring (bicyclic) bond motifs is 5. The Bertz CT molecular complexity index is 3000. The van der Waals surface area contributed by atoms with E-state index in [-0.39, 0.29) is 5.41 Å². The fourth-order valence-electron chi connectivity index (χ4n) is 9.86. The number of hydrogen-bond acceptors (Lipinski definition) is 1. The Labute approximate surface area is 347 Å². The smallest absolute Gasteiger partial charge is 0.0352 e. The lowest BCUT2D eigenvalue weighted by Crippen LogP contribution is -2.25. The molecule has 8 aromatic rings. The molecule has 2 unspecified atom stereocenters. The second-order valence-electron chi connectivity index (χ2n) is 16.4. The molecular formula is C57H48S. The van der Waals surface area contributed by atoms with Crippen molar-refractivity contribution in [2.45, 2.75) is 52.9 Å². The number of allylic oxidation sites excluding steroid dienone is 6. The molecule has 0 amide bonds. The van der Waals surface area contributed by atoms with E-state index in [4.69, 9.17) is 0 Å². The van der Waals surface area contributed by atoms with Gasteiger partial charge in [-0.3, -0.25) is 0 Å². The Morgan fingerprint density at radius 1 is 0.707 bits per heavy atom. The van der Waals surface area contributed by atoms with Crippen LogP contribution in [0, 0.1) is 5.41 Å². The minimum atomic E-state index is -0.156. The second-order valence-corrected chi connectivity index (χ2v) is 17.5. The van der Waals surface area contributed by atoms with Gasteiger partial charge in [0.15, 0.2) is 0 Å². The van der Waals surface area contributed by atoms with Crippen LogP contribution in [-0.2, 0) is 6.42 Å². The van der Waals surface area contributed by atoms with Crippen LogP contribution in [0.5, 0.6) is 0 Å². The molecular weight excluding hydrogens is 717 g/mol. The summed E-state index contributed by atoms with van der Waals surface area (Å²) in [6.07, 6.45) is 17.3. The summed E-state index contributed by atoms with van der Waals surface area (Å²) in [5, 5.41) is 6.59. The Morgan fingerprint density at radius 3 is 2.09 bits per heavy atom. The van der Waals surface area contributed by atoms with Gasteiger partial charge in [-0.2, -0.15) is 0 Å². The topological polar surface area (TPSA) is 0 Å². The van der Waals surface area contributed by atoms with Crippen molar-refractivity contribution >= 4 is 60.7 Å². The zero-order valence-electron chi connectivity index (χ0n) is 33.9. The van der Waals surface area contributed by atoms with Crippen LogP contribution < -0.4 is 0 Å². The van der Waals surface area contributed by atoms with E-state index in [2.05, 4.69) is 204 Å². The Morgan fingerprint density at radius 2 is 1.38 bits per heavy atom.